The summed E-state index contributed by atoms with van der Waals surface area (Å²) in [5, 5.41) is 30.2. The first kappa shape index (κ1) is 42.0. The Morgan fingerprint density at radius 1 is 0.566 bits per heavy atom. The minimum Gasteiger partial charge on any atom is -0.508 e. The summed E-state index contributed by atoms with van der Waals surface area (Å²) in [6.07, 6.45) is -3.48. The molecular formula is C41H38F8O4. The molecule has 5 aromatic rings. The number of hydrogen-bond acceptors (Lipinski definition) is 4. The lowest BCUT2D eigenvalue weighted by Crippen LogP contribution is -2.11. The Balaban J connectivity index is 0.000000305. The van der Waals surface area contributed by atoms with Gasteiger partial charge in [-0.2, -0.15) is 13.2 Å². The number of alkyl halides is 3. The average molecular weight is 747 g/mol. The number of hydrogen-bond donors (Lipinski definition) is 3. The largest absolute Gasteiger partial charge is 0.508 e. The summed E-state index contributed by atoms with van der Waals surface area (Å²) in [6, 6.07) is 19.2. The third-order valence-electron chi connectivity index (χ3n) is 8.01. The van der Waals surface area contributed by atoms with E-state index in [1.165, 1.54) is 54.6 Å². The summed E-state index contributed by atoms with van der Waals surface area (Å²) in [7, 11) is 0. The normalized spacial score (nSPS) is 11.5. The second kappa shape index (κ2) is 19.4. The van der Waals surface area contributed by atoms with Crippen molar-refractivity contribution in [2.75, 3.05) is 0 Å². The molecule has 0 aliphatic heterocycles. The Morgan fingerprint density at radius 3 is 1.53 bits per heavy atom. The number of aldehydes is 1. The lowest BCUT2D eigenvalue weighted by Gasteiger charge is -2.23. The molecule has 53 heavy (non-hydrogen) atoms. The van der Waals surface area contributed by atoms with Crippen molar-refractivity contribution in [3.05, 3.63) is 159 Å². The van der Waals surface area contributed by atoms with Crippen LogP contribution in [-0.4, -0.2) is 27.8 Å². The van der Waals surface area contributed by atoms with Gasteiger partial charge in [-0.3, -0.25) is 4.79 Å². The van der Waals surface area contributed by atoms with Gasteiger partial charge in [0, 0.05) is 23.5 Å². The Labute approximate surface area is 302 Å². The number of aryl methyl sites for hydroxylation is 3. The van der Waals surface area contributed by atoms with Crippen molar-refractivity contribution in [1.82, 2.24) is 0 Å². The van der Waals surface area contributed by atoms with E-state index in [9.17, 15) is 50.1 Å². The van der Waals surface area contributed by atoms with Crippen molar-refractivity contribution in [2.24, 2.45) is 0 Å². The number of phenols is 3. The number of phenolic OH excluding ortho intramolecular Hbond substituents is 3. The van der Waals surface area contributed by atoms with Crippen LogP contribution in [0.3, 0.4) is 0 Å². The van der Waals surface area contributed by atoms with E-state index in [0.29, 0.717) is 31.1 Å². The van der Waals surface area contributed by atoms with Gasteiger partial charge in [0.1, 0.15) is 46.3 Å². The van der Waals surface area contributed by atoms with Crippen molar-refractivity contribution in [3.8, 4) is 17.2 Å². The molecule has 0 saturated carbocycles. The lowest BCUT2D eigenvalue weighted by molar-refractivity contribution is -0.134. The van der Waals surface area contributed by atoms with Crippen molar-refractivity contribution in [3.63, 3.8) is 0 Å². The maximum atomic E-state index is 14.7. The summed E-state index contributed by atoms with van der Waals surface area (Å²) in [5.74, 6) is -5.30. The van der Waals surface area contributed by atoms with Crippen LogP contribution in [0.4, 0.5) is 35.1 Å². The molecule has 5 aromatic carbocycles. The van der Waals surface area contributed by atoms with Crippen molar-refractivity contribution >= 4 is 6.29 Å². The monoisotopic (exact) mass is 746 g/mol. The van der Waals surface area contributed by atoms with Crippen LogP contribution in [0, 0.1) is 29.1 Å². The number of benzene rings is 5. The van der Waals surface area contributed by atoms with Gasteiger partial charge in [-0.25, -0.2) is 22.0 Å². The Morgan fingerprint density at radius 2 is 1.06 bits per heavy atom. The summed E-state index contributed by atoms with van der Waals surface area (Å²) >= 11 is 0. The van der Waals surface area contributed by atoms with Gasteiger partial charge in [-0.15, -0.1) is 0 Å². The van der Waals surface area contributed by atoms with Gasteiger partial charge >= 0.3 is 6.18 Å². The van der Waals surface area contributed by atoms with Crippen LogP contribution in [-0.2, 0) is 19.3 Å². The molecule has 0 spiro atoms. The van der Waals surface area contributed by atoms with Crippen LogP contribution in [0.5, 0.6) is 17.2 Å². The first-order valence-electron chi connectivity index (χ1n) is 16.6. The lowest BCUT2D eigenvalue weighted by atomic mass is 9.82. The van der Waals surface area contributed by atoms with Gasteiger partial charge in [-0.05, 0) is 102 Å². The number of carbonyl (C=O) groups excluding carboxylic acids is 1. The zero-order valence-corrected chi connectivity index (χ0v) is 28.8. The Hall–Kier alpha value is -5.39. The van der Waals surface area contributed by atoms with Crippen LogP contribution >= 0.6 is 0 Å². The third-order valence-corrected chi connectivity index (χ3v) is 8.01. The van der Waals surface area contributed by atoms with Crippen molar-refractivity contribution in [1.29, 1.82) is 0 Å². The second-order valence-corrected chi connectivity index (χ2v) is 12.0. The zero-order valence-electron chi connectivity index (χ0n) is 28.8. The third kappa shape index (κ3) is 12.1. The van der Waals surface area contributed by atoms with E-state index < -0.39 is 54.0 Å². The van der Waals surface area contributed by atoms with Crippen LogP contribution in [0.25, 0.3) is 0 Å². The summed E-state index contributed by atoms with van der Waals surface area (Å²) in [5.41, 5.74) is 0.165. The highest BCUT2D eigenvalue weighted by atomic mass is 19.4. The second-order valence-electron chi connectivity index (χ2n) is 12.0. The average Bonchev–Trinajstić information content (AvgIpc) is 3.10. The van der Waals surface area contributed by atoms with Crippen molar-refractivity contribution < 1.29 is 55.2 Å². The van der Waals surface area contributed by atoms with Crippen LogP contribution in [0.1, 0.15) is 82.8 Å². The Kier molecular flexibility index (Phi) is 15.4. The molecule has 12 heteroatoms. The Bertz CT molecular complexity index is 1980. The summed E-state index contributed by atoms with van der Waals surface area (Å²) in [6.45, 7) is 3.80. The molecule has 0 bridgehead atoms. The molecule has 0 amide bonds. The molecule has 1 atom stereocenters. The number of rotatable bonds is 10. The van der Waals surface area contributed by atoms with Crippen LogP contribution in [0.2, 0.25) is 0 Å². The van der Waals surface area contributed by atoms with Crippen molar-refractivity contribution in [2.45, 2.75) is 64.5 Å². The van der Waals surface area contributed by atoms with E-state index in [0.717, 1.165) is 30.7 Å². The molecule has 3 N–H and O–H groups in total. The van der Waals surface area contributed by atoms with Crippen LogP contribution in [0.15, 0.2) is 91.0 Å². The van der Waals surface area contributed by atoms with Gasteiger partial charge in [0.2, 0.25) is 0 Å². The standard InChI is InChI=1S/C25H22F6O2.C9H11FO.C7H5FO/c1-2-5-14-10-22(32)17(12-20(14)27)24(16-6-3-4-7-19(16)26)18-13-21(28)15(11-23(18)33)8-9-25(29,30)31;1-2-3-7-6-8(11)4-5-9(7)10;8-7-4-2-1-3-6(7)5-9/h3-4,6-7,10-13,24,32-33H,2,5,8-9H2,1H3;4-6,11H,2-3H2,1H3;1-5H. The van der Waals surface area contributed by atoms with Crippen LogP contribution < -0.4 is 0 Å². The summed E-state index contributed by atoms with van der Waals surface area (Å²) in [4.78, 5) is 9.99. The molecule has 0 aromatic heterocycles. The fraction of sp³-hybridized carbons (Fsp3) is 0.244. The summed E-state index contributed by atoms with van der Waals surface area (Å²) < 4.78 is 107. The highest BCUT2D eigenvalue weighted by molar-refractivity contribution is 5.74. The zero-order chi connectivity index (χ0) is 39.3. The van der Waals surface area contributed by atoms with E-state index in [-0.39, 0.29) is 50.7 Å². The minimum atomic E-state index is -4.51. The molecule has 5 rings (SSSR count). The smallest absolute Gasteiger partial charge is 0.389 e. The quantitative estimate of drug-likeness (QED) is 0.0755. The molecule has 1 unspecified atom stereocenters. The van der Waals surface area contributed by atoms with E-state index in [4.69, 9.17) is 5.11 Å². The molecular weight excluding hydrogens is 708 g/mol. The topological polar surface area (TPSA) is 77.8 Å². The van der Waals surface area contributed by atoms with E-state index in [1.54, 1.807) is 12.1 Å². The van der Waals surface area contributed by atoms with Gasteiger partial charge < -0.3 is 15.3 Å². The maximum Gasteiger partial charge on any atom is 0.389 e. The molecule has 0 aliphatic carbocycles. The van der Waals surface area contributed by atoms with Gasteiger partial charge in [0.05, 0.1) is 5.56 Å². The van der Waals surface area contributed by atoms with Gasteiger partial charge in [0.15, 0.2) is 6.29 Å². The highest BCUT2D eigenvalue weighted by Gasteiger charge is 2.30. The molecule has 0 radical (unpaired) electrons. The molecule has 282 valence electrons. The molecule has 0 aliphatic rings. The SMILES string of the molecule is CCCc1cc(O)c(C(c2cc(F)c(CCC(F)(F)F)cc2O)c2ccccc2F)cc1F.CCCc1cc(O)ccc1F.O=Cc1ccccc1F. The van der Waals surface area contributed by atoms with E-state index >= 15 is 0 Å². The molecule has 0 heterocycles. The maximum absolute atomic E-state index is 14.7. The first-order valence-corrected chi connectivity index (χ1v) is 16.6. The fourth-order valence-corrected chi connectivity index (χ4v) is 5.44. The predicted molar refractivity (Wildman–Crippen MR) is 186 cm³/mol. The highest BCUT2D eigenvalue weighted by Crippen LogP contribution is 2.43. The van der Waals surface area contributed by atoms with Gasteiger partial charge in [0.25, 0.3) is 0 Å². The number of halogens is 8. The first-order chi connectivity index (χ1) is 25.1. The number of aromatic hydroxyl groups is 3. The van der Waals surface area contributed by atoms with Gasteiger partial charge in [-0.1, -0.05) is 57.0 Å². The molecule has 0 fully saturated rings. The fourth-order valence-electron chi connectivity index (χ4n) is 5.44. The molecule has 4 nitrogen and oxygen atoms in total. The molecule has 0 saturated heterocycles. The number of carbonyl (C=O) groups is 1. The minimum absolute atomic E-state index is 0.0758. The predicted octanol–water partition coefficient (Wildman–Crippen LogP) is 11.3. The van der Waals surface area contributed by atoms with E-state index in [1.807, 2.05) is 13.8 Å². The van der Waals surface area contributed by atoms with E-state index in [2.05, 4.69) is 0 Å².